The van der Waals surface area contributed by atoms with Crippen molar-refractivity contribution in [1.82, 2.24) is 0 Å². The fourth-order valence-electron chi connectivity index (χ4n) is 3.41. The Balaban J connectivity index is 2.19. The maximum absolute atomic E-state index is 11.2. The normalized spacial score (nSPS) is 10.4. The molecule has 0 heterocycles. The Morgan fingerprint density at radius 1 is 0.611 bits per heavy atom. The molecule has 0 aliphatic heterocycles. The first-order chi connectivity index (χ1) is 17.0. The number of carboxylic acid groups (broad SMARTS) is 4. The van der Waals surface area contributed by atoms with E-state index >= 15 is 0 Å². The van der Waals surface area contributed by atoms with E-state index in [0.29, 0.717) is 0 Å². The van der Waals surface area contributed by atoms with Gasteiger partial charge in [0, 0.05) is 0 Å². The van der Waals surface area contributed by atoms with Crippen LogP contribution < -0.4 is 19.3 Å². The van der Waals surface area contributed by atoms with E-state index < -0.39 is 50.1 Å². The lowest BCUT2D eigenvalue weighted by Gasteiger charge is -2.25. The summed E-state index contributed by atoms with van der Waals surface area (Å²) in [6.07, 6.45) is 0. The van der Waals surface area contributed by atoms with Crippen LogP contribution in [0.5, 0.6) is 11.5 Å². The smallest absolute Gasteiger partial charge is 0.323 e. The van der Waals surface area contributed by atoms with Crippen molar-refractivity contribution in [1.29, 1.82) is 0 Å². The fourth-order valence-corrected chi connectivity index (χ4v) is 3.41. The van der Waals surface area contributed by atoms with Crippen LogP contribution in [0.2, 0.25) is 0 Å². The maximum Gasteiger partial charge on any atom is 0.323 e. The molecule has 12 nitrogen and oxygen atoms in total. The summed E-state index contributed by atoms with van der Waals surface area (Å²) in [5.41, 5.74) is 2.19. The summed E-state index contributed by atoms with van der Waals surface area (Å²) in [6.45, 7) is 1.38. The van der Waals surface area contributed by atoms with Crippen LogP contribution in [0.4, 0.5) is 11.4 Å². The number of carboxylic acids is 4. The highest BCUT2D eigenvalue weighted by Gasteiger charge is 2.20. The highest BCUT2D eigenvalue weighted by atomic mass is 16.5. The van der Waals surface area contributed by atoms with E-state index in [1.165, 1.54) is 0 Å². The minimum atomic E-state index is -1.20. The van der Waals surface area contributed by atoms with Gasteiger partial charge in [0.1, 0.15) is 50.9 Å². The van der Waals surface area contributed by atoms with Gasteiger partial charge in [0.25, 0.3) is 0 Å². The SMILES string of the molecule is Cc1ccc(N(CC(=O)O)CC(=O)O)c(OCCOc2cc(C)ccc2N(CC(=O)O)CC(=O)O)c1. The van der Waals surface area contributed by atoms with Gasteiger partial charge < -0.3 is 39.7 Å². The van der Waals surface area contributed by atoms with Crippen molar-refractivity contribution in [3.8, 4) is 11.5 Å². The Kier molecular flexibility index (Phi) is 9.90. The number of nitrogens with zero attached hydrogens (tertiary/aromatic N) is 2. The van der Waals surface area contributed by atoms with Gasteiger partial charge in [0.2, 0.25) is 0 Å². The summed E-state index contributed by atoms with van der Waals surface area (Å²) >= 11 is 0. The van der Waals surface area contributed by atoms with E-state index in [1.54, 1.807) is 50.2 Å². The number of aryl methyl sites for hydroxylation is 2. The van der Waals surface area contributed by atoms with Gasteiger partial charge >= 0.3 is 23.9 Å². The number of aliphatic carboxylic acids is 4. The third kappa shape index (κ3) is 8.70. The average Bonchev–Trinajstić information content (AvgIpc) is 2.74. The predicted molar refractivity (Wildman–Crippen MR) is 128 cm³/mol. The molecule has 0 saturated heterocycles. The van der Waals surface area contributed by atoms with Crippen LogP contribution in [0.15, 0.2) is 36.4 Å². The van der Waals surface area contributed by atoms with Crippen LogP contribution in [0.25, 0.3) is 0 Å². The molecule has 0 spiro atoms. The van der Waals surface area contributed by atoms with Gasteiger partial charge in [-0.3, -0.25) is 19.2 Å². The summed E-state index contributed by atoms with van der Waals surface area (Å²) in [7, 11) is 0. The van der Waals surface area contributed by atoms with E-state index in [-0.39, 0.29) is 36.1 Å². The Morgan fingerprint density at radius 3 is 1.19 bits per heavy atom. The summed E-state index contributed by atoms with van der Waals surface area (Å²) in [5.74, 6) is -4.28. The zero-order valence-corrected chi connectivity index (χ0v) is 19.8. The second-order valence-corrected chi connectivity index (χ2v) is 7.93. The van der Waals surface area contributed by atoms with E-state index in [2.05, 4.69) is 0 Å². The third-order valence-corrected chi connectivity index (χ3v) is 4.81. The van der Waals surface area contributed by atoms with Crippen LogP contribution in [0.3, 0.4) is 0 Å². The number of benzene rings is 2. The molecule has 0 fully saturated rings. The molecule has 2 aromatic rings. The summed E-state index contributed by atoms with van der Waals surface area (Å²) < 4.78 is 11.6. The van der Waals surface area contributed by atoms with Crippen LogP contribution in [0, 0.1) is 13.8 Å². The van der Waals surface area contributed by atoms with E-state index in [1.807, 2.05) is 0 Å². The Hall–Kier alpha value is -4.48. The molecule has 12 heteroatoms. The molecule has 0 amide bonds. The van der Waals surface area contributed by atoms with Crippen molar-refractivity contribution in [3.05, 3.63) is 47.5 Å². The van der Waals surface area contributed by atoms with Crippen molar-refractivity contribution in [3.63, 3.8) is 0 Å². The molecular weight excluding hydrogens is 476 g/mol. The summed E-state index contributed by atoms with van der Waals surface area (Å²) in [6, 6.07) is 9.84. The van der Waals surface area contributed by atoms with Crippen molar-refractivity contribution in [2.45, 2.75) is 13.8 Å². The molecule has 2 rings (SSSR count). The van der Waals surface area contributed by atoms with E-state index in [4.69, 9.17) is 9.47 Å². The second kappa shape index (κ2) is 12.8. The largest absolute Gasteiger partial charge is 0.488 e. The first kappa shape index (κ1) is 27.8. The maximum atomic E-state index is 11.2. The quantitative estimate of drug-likeness (QED) is 0.259. The van der Waals surface area contributed by atoms with Crippen LogP contribution in [0.1, 0.15) is 11.1 Å². The van der Waals surface area contributed by atoms with Crippen molar-refractivity contribution >= 4 is 35.3 Å². The van der Waals surface area contributed by atoms with Gasteiger partial charge in [-0.15, -0.1) is 0 Å². The van der Waals surface area contributed by atoms with Gasteiger partial charge in [0.05, 0.1) is 11.4 Å². The molecule has 0 aromatic heterocycles. The van der Waals surface area contributed by atoms with Crippen molar-refractivity contribution in [2.75, 3.05) is 49.2 Å². The molecule has 0 bridgehead atoms. The molecule has 0 saturated carbocycles. The molecule has 2 aromatic carbocycles. The number of anilines is 2. The average molecular weight is 504 g/mol. The van der Waals surface area contributed by atoms with E-state index in [9.17, 15) is 39.6 Å². The monoisotopic (exact) mass is 504 g/mol. The highest BCUT2D eigenvalue weighted by molar-refractivity contribution is 5.82. The zero-order chi connectivity index (χ0) is 26.8. The van der Waals surface area contributed by atoms with E-state index in [0.717, 1.165) is 20.9 Å². The number of hydrogen-bond acceptors (Lipinski definition) is 8. The number of carbonyl (C=O) groups is 4. The van der Waals surface area contributed by atoms with Crippen LogP contribution in [-0.4, -0.2) is 83.7 Å². The molecular formula is C24H28N2O10. The molecule has 0 atom stereocenters. The molecule has 194 valence electrons. The Bertz CT molecular complexity index is 999. The lowest BCUT2D eigenvalue weighted by atomic mass is 10.2. The second-order valence-electron chi connectivity index (χ2n) is 7.93. The topological polar surface area (TPSA) is 174 Å². The Morgan fingerprint density at radius 2 is 0.917 bits per heavy atom. The number of rotatable bonds is 15. The highest BCUT2D eigenvalue weighted by Crippen LogP contribution is 2.31. The summed E-state index contributed by atoms with van der Waals surface area (Å²) in [5, 5.41) is 36.7. The van der Waals surface area contributed by atoms with Crippen molar-refractivity contribution < 1.29 is 49.1 Å². The molecule has 0 aliphatic rings. The zero-order valence-electron chi connectivity index (χ0n) is 19.8. The summed E-state index contributed by atoms with van der Waals surface area (Å²) in [4.78, 5) is 47.3. The molecule has 0 aliphatic carbocycles. The first-order valence-corrected chi connectivity index (χ1v) is 10.8. The van der Waals surface area contributed by atoms with Gasteiger partial charge in [-0.05, 0) is 49.2 Å². The lowest BCUT2D eigenvalue weighted by Crippen LogP contribution is -2.35. The van der Waals surface area contributed by atoms with Gasteiger partial charge in [-0.1, -0.05) is 12.1 Å². The van der Waals surface area contributed by atoms with Gasteiger partial charge in [-0.2, -0.15) is 0 Å². The number of ether oxygens (including phenoxy) is 2. The van der Waals surface area contributed by atoms with Crippen molar-refractivity contribution in [2.24, 2.45) is 0 Å². The molecule has 4 N–H and O–H groups in total. The standard InChI is InChI=1S/C24H28N2O10/c1-15-3-5-17(25(11-21(27)28)12-22(29)30)19(9-15)35-7-8-36-20-10-16(2)4-6-18(20)26(13-23(31)32)14-24(33)34/h3-6,9-10H,7-8,11-14H2,1-2H3,(H,27,28)(H,29,30)(H,31,32)(H,33,34). The molecule has 36 heavy (non-hydrogen) atoms. The minimum absolute atomic E-state index is 0.0182. The fraction of sp³-hybridized carbons (Fsp3) is 0.333. The van der Waals surface area contributed by atoms with Crippen LogP contribution in [-0.2, 0) is 19.2 Å². The molecule has 0 unspecified atom stereocenters. The lowest BCUT2D eigenvalue weighted by molar-refractivity contribution is -0.138. The number of hydrogen-bond donors (Lipinski definition) is 4. The molecule has 0 radical (unpaired) electrons. The minimum Gasteiger partial charge on any atom is -0.488 e. The van der Waals surface area contributed by atoms with Gasteiger partial charge in [-0.25, -0.2) is 0 Å². The first-order valence-electron chi connectivity index (χ1n) is 10.8. The predicted octanol–water partition coefficient (Wildman–Crippen LogP) is 1.71. The van der Waals surface area contributed by atoms with Crippen LogP contribution >= 0.6 is 0 Å². The Labute approximate surface area is 206 Å². The third-order valence-electron chi connectivity index (χ3n) is 4.81. The van der Waals surface area contributed by atoms with Gasteiger partial charge in [0.15, 0.2) is 0 Å².